The minimum atomic E-state index is -4.55. The lowest BCUT2D eigenvalue weighted by Gasteiger charge is -2.46. The monoisotopic (exact) mass is 560 g/mol. The van der Waals surface area contributed by atoms with Crippen LogP contribution in [0.1, 0.15) is 77.8 Å². The van der Waals surface area contributed by atoms with Crippen molar-refractivity contribution in [2.45, 2.75) is 84.2 Å². The zero-order valence-electron chi connectivity index (χ0n) is 24.1. The normalized spacial score (nSPS) is 28.8. The van der Waals surface area contributed by atoms with E-state index in [1.807, 2.05) is 0 Å². The minimum Gasteiger partial charge on any atom is -0.468 e. The molecule has 1 heterocycles. The molecule has 1 aromatic rings. The Morgan fingerprint density at radius 3 is 2.35 bits per heavy atom. The van der Waals surface area contributed by atoms with Crippen LogP contribution in [-0.2, 0) is 20.5 Å². The number of esters is 1. The number of hydrogen-bond donors (Lipinski definition) is 1. The summed E-state index contributed by atoms with van der Waals surface area (Å²) < 4.78 is 45.3. The number of aliphatic imine (C=N–C) groups is 1. The summed E-state index contributed by atoms with van der Waals surface area (Å²) >= 11 is 0. The molecule has 1 spiro atoms. The molecule has 4 rings (SSSR count). The first-order chi connectivity index (χ1) is 18.4. The van der Waals surface area contributed by atoms with Gasteiger partial charge < -0.3 is 14.7 Å². The first-order valence-corrected chi connectivity index (χ1v) is 13.7. The molecule has 0 aromatic heterocycles. The highest BCUT2D eigenvalue weighted by Crippen LogP contribution is 2.47. The molecule has 6 nitrogen and oxygen atoms in total. The lowest BCUT2D eigenvalue weighted by Crippen LogP contribution is -2.55. The summed E-state index contributed by atoms with van der Waals surface area (Å²) in [6, 6.07) is 4.70. The smallest absolute Gasteiger partial charge is 0.416 e. The van der Waals surface area contributed by atoms with Crippen molar-refractivity contribution in [2.24, 2.45) is 21.7 Å². The van der Waals surface area contributed by atoms with Gasteiger partial charge in [0.1, 0.15) is 17.0 Å². The molecule has 2 aliphatic carbocycles. The van der Waals surface area contributed by atoms with Gasteiger partial charge in [-0.15, -0.1) is 0 Å². The Bertz CT molecular complexity index is 1260. The summed E-state index contributed by atoms with van der Waals surface area (Å²) in [6.07, 6.45) is 3.62. The van der Waals surface area contributed by atoms with Gasteiger partial charge in [0.2, 0.25) is 0 Å². The van der Waals surface area contributed by atoms with Crippen molar-refractivity contribution in [1.29, 1.82) is 0 Å². The molecule has 3 aliphatic rings. The second kappa shape index (κ2) is 10.2. The van der Waals surface area contributed by atoms with Crippen molar-refractivity contribution in [2.75, 3.05) is 13.7 Å². The number of ether oxygens (including phenoxy) is 1. The van der Waals surface area contributed by atoms with Gasteiger partial charge in [-0.05, 0) is 75.0 Å². The third kappa shape index (κ3) is 5.62. The molecule has 1 unspecified atom stereocenters. The Morgan fingerprint density at radius 2 is 1.82 bits per heavy atom. The molecule has 0 bridgehead atoms. The van der Waals surface area contributed by atoms with Crippen LogP contribution in [0.5, 0.6) is 0 Å². The van der Waals surface area contributed by atoms with Crippen LogP contribution in [0.25, 0.3) is 0 Å². The summed E-state index contributed by atoms with van der Waals surface area (Å²) in [4.78, 5) is 32.5. The fourth-order valence-corrected chi connectivity index (χ4v) is 6.13. The number of rotatable bonds is 5. The molecule has 218 valence electrons. The van der Waals surface area contributed by atoms with Gasteiger partial charge in [-0.3, -0.25) is 14.6 Å². The highest BCUT2D eigenvalue weighted by molar-refractivity contribution is 6.46. The van der Waals surface area contributed by atoms with Crippen LogP contribution in [-0.4, -0.2) is 52.5 Å². The molecule has 1 amide bonds. The van der Waals surface area contributed by atoms with Crippen molar-refractivity contribution >= 4 is 17.6 Å². The number of carbonyl (C=O) groups excluding carboxylic acids is 2. The average molecular weight is 561 g/mol. The Hall–Kier alpha value is -2.94. The van der Waals surface area contributed by atoms with Crippen LogP contribution in [0.4, 0.5) is 13.2 Å². The van der Waals surface area contributed by atoms with Crippen LogP contribution in [0, 0.1) is 16.7 Å². The molecule has 1 aliphatic heterocycles. The van der Waals surface area contributed by atoms with Crippen LogP contribution >= 0.6 is 0 Å². The number of nitrogens with zero attached hydrogens (tertiary/aromatic N) is 2. The maximum absolute atomic E-state index is 13.9. The van der Waals surface area contributed by atoms with Crippen LogP contribution in [0.15, 0.2) is 53.1 Å². The summed E-state index contributed by atoms with van der Waals surface area (Å²) in [6.45, 7) is 9.80. The van der Waals surface area contributed by atoms with Gasteiger partial charge in [0.15, 0.2) is 0 Å². The molecular formula is C31H39F3N2O4. The molecule has 1 fully saturated rings. The predicted molar refractivity (Wildman–Crippen MR) is 146 cm³/mol. The van der Waals surface area contributed by atoms with Crippen molar-refractivity contribution in [3.8, 4) is 0 Å². The van der Waals surface area contributed by atoms with Crippen molar-refractivity contribution in [3.05, 3.63) is 59.2 Å². The fourth-order valence-electron chi connectivity index (χ4n) is 6.13. The first-order valence-electron chi connectivity index (χ1n) is 13.7. The Morgan fingerprint density at radius 1 is 1.18 bits per heavy atom. The van der Waals surface area contributed by atoms with Crippen LogP contribution in [0.3, 0.4) is 0 Å². The minimum absolute atomic E-state index is 0.0115. The number of carbonyl (C=O) groups is 2. The van der Waals surface area contributed by atoms with Crippen LogP contribution in [0.2, 0.25) is 0 Å². The maximum atomic E-state index is 13.9. The lowest BCUT2D eigenvalue weighted by atomic mass is 9.69. The Labute approximate surface area is 234 Å². The number of halogens is 3. The summed E-state index contributed by atoms with van der Waals surface area (Å²) in [5, 5.41) is 11.7. The van der Waals surface area contributed by atoms with E-state index in [2.05, 4.69) is 20.8 Å². The first kappa shape index (κ1) is 30.0. The zero-order valence-corrected chi connectivity index (χ0v) is 24.1. The van der Waals surface area contributed by atoms with Gasteiger partial charge >= 0.3 is 12.1 Å². The molecule has 2 atom stereocenters. The number of alkyl halides is 3. The van der Waals surface area contributed by atoms with E-state index >= 15 is 0 Å². The third-order valence-electron chi connectivity index (χ3n) is 8.86. The summed E-state index contributed by atoms with van der Waals surface area (Å²) in [5.41, 5.74) is -3.42. The van der Waals surface area contributed by atoms with Gasteiger partial charge in [-0.2, -0.15) is 13.2 Å². The predicted octanol–water partition coefficient (Wildman–Crippen LogP) is 6.09. The van der Waals surface area contributed by atoms with E-state index in [-0.39, 0.29) is 29.2 Å². The molecule has 1 aromatic carbocycles. The lowest BCUT2D eigenvalue weighted by molar-refractivity contribution is -0.148. The Kier molecular flexibility index (Phi) is 7.63. The highest BCUT2D eigenvalue weighted by atomic mass is 19.4. The van der Waals surface area contributed by atoms with E-state index in [1.54, 1.807) is 37.0 Å². The van der Waals surface area contributed by atoms with E-state index in [0.717, 1.165) is 25.0 Å². The van der Waals surface area contributed by atoms with Gasteiger partial charge in [0.05, 0.1) is 24.6 Å². The summed E-state index contributed by atoms with van der Waals surface area (Å²) in [7, 11) is 1.33. The topological polar surface area (TPSA) is 79.2 Å². The SMILES string of the molecule is COC(=O)[C@]1(C)C=CC(C(C)(O)CN2C(=O)C(c3cccc(C(F)(F)F)c3)=NC23CCC(C(C)(C)C)CC3)=CC1. The molecule has 1 saturated carbocycles. The van der Waals surface area contributed by atoms with Crippen molar-refractivity contribution in [3.63, 3.8) is 0 Å². The van der Waals surface area contributed by atoms with Gasteiger partial charge in [-0.25, -0.2) is 0 Å². The molecule has 9 heteroatoms. The molecule has 0 radical (unpaired) electrons. The number of benzene rings is 1. The van der Waals surface area contributed by atoms with Crippen molar-refractivity contribution < 1.29 is 32.6 Å². The molecule has 0 saturated heterocycles. The number of aliphatic hydroxyl groups is 1. The third-order valence-corrected chi connectivity index (χ3v) is 8.86. The van der Waals surface area contributed by atoms with E-state index in [0.29, 0.717) is 30.8 Å². The van der Waals surface area contributed by atoms with E-state index in [9.17, 15) is 27.9 Å². The molecule has 1 N–H and O–H groups in total. The maximum Gasteiger partial charge on any atom is 0.416 e. The summed E-state index contributed by atoms with van der Waals surface area (Å²) in [5.74, 6) is -0.473. The fraction of sp³-hybridized carbons (Fsp3) is 0.581. The standard InChI is InChI=1S/C31H39F3N2O4/c1-27(2,3)21-12-16-30(17-13-21)35-24(20-8-7-9-23(18-20)31(32,33)34)25(37)36(30)19-29(5,39)22-10-14-28(4,15-11-22)26(38)40-6/h7-11,14,18,21,39H,12-13,15-17,19H2,1-6H3/t21?,28-,29?,30?/m1/s1. The zero-order chi connectivity index (χ0) is 29.7. The van der Waals surface area contributed by atoms with Gasteiger partial charge in [0, 0.05) is 5.56 Å². The number of β-amino-alcohol motifs (C(OH)–C–C–N with tert-alkyl or cyclic N) is 1. The van der Waals surface area contributed by atoms with Crippen molar-refractivity contribution in [1.82, 2.24) is 4.90 Å². The second-order valence-corrected chi connectivity index (χ2v) is 12.9. The number of allylic oxidation sites excluding steroid dienone is 1. The van der Waals surface area contributed by atoms with E-state index < -0.39 is 34.3 Å². The van der Waals surface area contributed by atoms with Gasteiger partial charge in [-0.1, -0.05) is 51.1 Å². The largest absolute Gasteiger partial charge is 0.468 e. The number of amides is 1. The highest BCUT2D eigenvalue weighted by Gasteiger charge is 2.52. The quantitative estimate of drug-likeness (QED) is 0.443. The van der Waals surface area contributed by atoms with E-state index in [4.69, 9.17) is 9.73 Å². The van der Waals surface area contributed by atoms with E-state index in [1.165, 1.54) is 19.2 Å². The molecule has 40 heavy (non-hydrogen) atoms. The van der Waals surface area contributed by atoms with Crippen LogP contribution < -0.4 is 0 Å². The number of methoxy groups -OCH3 is 1. The second-order valence-electron chi connectivity index (χ2n) is 12.9. The molecular weight excluding hydrogens is 521 g/mol. The average Bonchev–Trinajstić information content (AvgIpc) is 3.13. The Balaban J connectivity index is 1.67. The van der Waals surface area contributed by atoms with Gasteiger partial charge in [0.25, 0.3) is 5.91 Å². The number of hydrogen-bond acceptors (Lipinski definition) is 5.